The molecule has 3 aromatic rings. The van der Waals surface area contributed by atoms with Crippen LogP contribution >= 0.6 is 22.9 Å². The van der Waals surface area contributed by atoms with Crippen molar-refractivity contribution in [3.05, 3.63) is 53.1 Å². The van der Waals surface area contributed by atoms with Crippen LogP contribution in [0.5, 0.6) is 0 Å². The van der Waals surface area contributed by atoms with Crippen molar-refractivity contribution in [2.45, 2.75) is 13.0 Å². The van der Waals surface area contributed by atoms with Crippen molar-refractivity contribution in [2.24, 2.45) is 0 Å². The molecule has 1 aromatic heterocycles. The first-order valence-corrected chi connectivity index (χ1v) is 7.89. The van der Waals surface area contributed by atoms with Crippen LogP contribution in [0, 0.1) is 0 Å². The Bertz CT molecular complexity index is 784. The number of nitrogens with zero attached hydrogens (tertiary/aromatic N) is 2. The summed E-state index contributed by atoms with van der Waals surface area (Å²) in [5, 5.41) is 1.74. The number of nitrogen functional groups attached to an aromatic ring is 1. The molecule has 0 amide bonds. The topological polar surface area (TPSA) is 42.2 Å². The van der Waals surface area contributed by atoms with Crippen LogP contribution in [-0.4, -0.2) is 12.0 Å². The Morgan fingerprint density at radius 2 is 2.00 bits per heavy atom. The minimum absolute atomic E-state index is 0.150. The van der Waals surface area contributed by atoms with Crippen molar-refractivity contribution < 1.29 is 0 Å². The molecule has 3 nitrogen and oxygen atoms in total. The van der Waals surface area contributed by atoms with Gasteiger partial charge in [0, 0.05) is 17.8 Å². The zero-order chi connectivity index (χ0) is 15.0. The van der Waals surface area contributed by atoms with E-state index in [1.54, 1.807) is 11.3 Å². The van der Waals surface area contributed by atoms with Crippen LogP contribution in [0.3, 0.4) is 0 Å². The van der Waals surface area contributed by atoms with Crippen molar-refractivity contribution in [3.63, 3.8) is 0 Å². The first-order valence-electron chi connectivity index (χ1n) is 6.69. The lowest BCUT2D eigenvalue weighted by Gasteiger charge is -2.25. The Balaban J connectivity index is 1.96. The van der Waals surface area contributed by atoms with Gasteiger partial charge in [-0.2, -0.15) is 0 Å². The molecule has 0 saturated heterocycles. The highest BCUT2D eigenvalue weighted by molar-refractivity contribution is 7.22. The number of nitrogens with two attached hydrogens (primary N) is 1. The highest BCUT2D eigenvalue weighted by atomic mass is 35.5. The van der Waals surface area contributed by atoms with E-state index in [0.717, 1.165) is 31.6 Å². The number of benzene rings is 2. The quantitative estimate of drug-likeness (QED) is 0.710. The van der Waals surface area contributed by atoms with E-state index in [1.807, 2.05) is 43.4 Å². The van der Waals surface area contributed by atoms with E-state index in [4.69, 9.17) is 17.3 Å². The van der Waals surface area contributed by atoms with Gasteiger partial charge in [-0.05, 0) is 36.8 Å². The van der Waals surface area contributed by atoms with Gasteiger partial charge in [-0.3, -0.25) is 0 Å². The van der Waals surface area contributed by atoms with E-state index >= 15 is 0 Å². The molecule has 108 valence electrons. The normalized spacial score (nSPS) is 12.5. The number of anilines is 2. The Morgan fingerprint density at radius 1 is 1.24 bits per heavy atom. The minimum atomic E-state index is 0.150. The number of fused-ring (bicyclic) bond motifs is 1. The molecule has 21 heavy (non-hydrogen) atoms. The number of aromatic nitrogens is 1. The second-order valence-corrected chi connectivity index (χ2v) is 6.45. The average molecular weight is 318 g/mol. The summed E-state index contributed by atoms with van der Waals surface area (Å²) in [4.78, 5) is 6.82. The summed E-state index contributed by atoms with van der Waals surface area (Å²) in [5.74, 6) is 0. The number of rotatable bonds is 3. The molecular formula is C16H16ClN3S. The fourth-order valence-electron chi connectivity index (χ4n) is 2.27. The Hall–Kier alpha value is -1.78. The number of thiazole rings is 1. The molecule has 0 radical (unpaired) electrons. The molecule has 0 spiro atoms. The van der Waals surface area contributed by atoms with Gasteiger partial charge >= 0.3 is 0 Å². The molecule has 0 aliphatic heterocycles. The summed E-state index contributed by atoms with van der Waals surface area (Å²) >= 11 is 7.93. The van der Waals surface area contributed by atoms with Crippen molar-refractivity contribution in [3.8, 4) is 0 Å². The molecular weight excluding hydrogens is 302 g/mol. The van der Waals surface area contributed by atoms with E-state index in [9.17, 15) is 0 Å². The summed E-state index contributed by atoms with van der Waals surface area (Å²) in [7, 11) is 2.04. The van der Waals surface area contributed by atoms with E-state index in [2.05, 4.69) is 22.9 Å². The lowest BCUT2D eigenvalue weighted by atomic mass is 10.1. The van der Waals surface area contributed by atoms with Gasteiger partial charge in [-0.15, -0.1) is 0 Å². The van der Waals surface area contributed by atoms with Gasteiger partial charge in [0.05, 0.1) is 16.3 Å². The van der Waals surface area contributed by atoms with Gasteiger partial charge in [0.15, 0.2) is 5.13 Å². The number of hydrogen-bond acceptors (Lipinski definition) is 4. The average Bonchev–Trinajstić information content (AvgIpc) is 2.89. The van der Waals surface area contributed by atoms with Crippen LogP contribution in [0.2, 0.25) is 5.02 Å². The monoisotopic (exact) mass is 317 g/mol. The summed E-state index contributed by atoms with van der Waals surface area (Å²) in [6.07, 6.45) is 0. The molecule has 0 saturated carbocycles. The molecule has 0 aliphatic rings. The smallest absolute Gasteiger partial charge is 0.186 e. The highest BCUT2D eigenvalue weighted by Gasteiger charge is 2.18. The van der Waals surface area contributed by atoms with Crippen LogP contribution in [0.1, 0.15) is 18.5 Å². The van der Waals surface area contributed by atoms with Crippen molar-refractivity contribution >= 4 is 44.0 Å². The molecule has 0 fully saturated rings. The summed E-state index contributed by atoms with van der Waals surface area (Å²) in [6.45, 7) is 2.13. The molecule has 3 rings (SSSR count). The third-order valence-electron chi connectivity index (χ3n) is 3.64. The van der Waals surface area contributed by atoms with E-state index in [-0.39, 0.29) is 6.04 Å². The fraction of sp³-hybridized carbons (Fsp3) is 0.188. The van der Waals surface area contributed by atoms with Crippen LogP contribution in [0.25, 0.3) is 10.2 Å². The zero-order valence-corrected chi connectivity index (χ0v) is 13.4. The second-order valence-electron chi connectivity index (χ2n) is 5.03. The van der Waals surface area contributed by atoms with Crippen LogP contribution in [0.15, 0.2) is 42.5 Å². The summed E-state index contributed by atoms with van der Waals surface area (Å²) < 4.78 is 1.10. The predicted octanol–water partition coefficient (Wildman–Crippen LogP) is 4.73. The summed E-state index contributed by atoms with van der Waals surface area (Å²) in [6, 6.07) is 13.9. The molecule has 2 N–H and O–H groups in total. The van der Waals surface area contributed by atoms with Gasteiger partial charge in [0.1, 0.15) is 0 Å². The SMILES string of the molecule is CC(c1ccccc1Cl)N(C)c1nc2ccc(N)cc2s1. The highest BCUT2D eigenvalue weighted by Crippen LogP contribution is 2.35. The van der Waals surface area contributed by atoms with Gasteiger partial charge in [-0.1, -0.05) is 41.1 Å². The number of halogens is 1. The van der Waals surface area contributed by atoms with Gasteiger partial charge < -0.3 is 10.6 Å². The number of hydrogen-bond donors (Lipinski definition) is 1. The second kappa shape index (κ2) is 5.54. The largest absolute Gasteiger partial charge is 0.399 e. The van der Waals surface area contributed by atoms with Crippen LogP contribution < -0.4 is 10.6 Å². The standard InChI is InChI=1S/C16H16ClN3S/c1-10(12-5-3-4-6-13(12)17)20(2)16-19-14-8-7-11(18)9-15(14)21-16/h3-10H,18H2,1-2H3. The fourth-order valence-corrected chi connectivity index (χ4v) is 3.62. The lowest BCUT2D eigenvalue weighted by Crippen LogP contribution is -2.21. The van der Waals surface area contributed by atoms with Gasteiger partial charge in [0.25, 0.3) is 0 Å². The van der Waals surface area contributed by atoms with E-state index < -0.39 is 0 Å². The maximum Gasteiger partial charge on any atom is 0.186 e. The van der Waals surface area contributed by atoms with Gasteiger partial charge in [0.2, 0.25) is 0 Å². The third-order valence-corrected chi connectivity index (χ3v) is 5.09. The zero-order valence-electron chi connectivity index (χ0n) is 11.9. The first-order chi connectivity index (χ1) is 10.1. The predicted molar refractivity (Wildman–Crippen MR) is 92.3 cm³/mol. The molecule has 1 unspecified atom stereocenters. The van der Waals surface area contributed by atoms with E-state index in [1.165, 1.54) is 0 Å². The third kappa shape index (κ3) is 2.69. The van der Waals surface area contributed by atoms with Crippen molar-refractivity contribution in [1.82, 2.24) is 4.98 Å². The van der Waals surface area contributed by atoms with Crippen LogP contribution in [0.4, 0.5) is 10.8 Å². The first kappa shape index (κ1) is 14.2. The van der Waals surface area contributed by atoms with Crippen LogP contribution in [-0.2, 0) is 0 Å². The Kier molecular flexibility index (Phi) is 3.74. The maximum absolute atomic E-state index is 6.29. The Labute approximate surface area is 133 Å². The maximum atomic E-state index is 6.29. The molecule has 0 bridgehead atoms. The molecule has 1 atom stereocenters. The molecule has 1 heterocycles. The minimum Gasteiger partial charge on any atom is -0.399 e. The lowest BCUT2D eigenvalue weighted by molar-refractivity contribution is 0.738. The van der Waals surface area contributed by atoms with Crippen molar-refractivity contribution in [2.75, 3.05) is 17.7 Å². The molecule has 2 aromatic carbocycles. The summed E-state index contributed by atoms with van der Waals surface area (Å²) in [5.41, 5.74) is 8.66. The van der Waals surface area contributed by atoms with Crippen molar-refractivity contribution in [1.29, 1.82) is 0 Å². The van der Waals surface area contributed by atoms with E-state index in [0.29, 0.717) is 0 Å². The molecule has 5 heteroatoms. The van der Waals surface area contributed by atoms with Gasteiger partial charge in [-0.25, -0.2) is 4.98 Å². The molecule has 0 aliphatic carbocycles. The Morgan fingerprint density at radius 3 is 2.76 bits per heavy atom.